The monoisotopic (exact) mass is 188 g/mol. The predicted octanol–water partition coefficient (Wildman–Crippen LogP) is 2.12. The number of nitrogens with zero attached hydrogens (tertiary/aromatic N) is 2. The van der Waals surface area contributed by atoms with Crippen molar-refractivity contribution in [2.24, 2.45) is 5.92 Å². The van der Waals surface area contributed by atoms with Gasteiger partial charge in [0.15, 0.2) is 5.78 Å². The van der Waals surface area contributed by atoms with Gasteiger partial charge in [0.2, 0.25) is 0 Å². The van der Waals surface area contributed by atoms with Crippen molar-refractivity contribution in [1.29, 1.82) is 0 Å². The number of alkyl halides is 2. The molecule has 0 fully saturated rings. The summed E-state index contributed by atoms with van der Waals surface area (Å²) in [4.78, 5) is 11.3. The molecule has 0 atom stereocenters. The second-order valence-electron chi connectivity index (χ2n) is 2.98. The lowest BCUT2D eigenvalue weighted by Crippen LogP contribution is -2.09. The van der Waals surface area contributed by atoms with Crippen molar-refractivity contribution >= 4 is 5.78 Å². The van der Waals surface area contributed by atoms with E-state index < -0.39 is 6.55 Å². The van der Waals surface area contributed by atoms with Gasteiger partial charge in [0.25, 0.3) is 0 Å². The van der Waals surface area contributed by atoms with Crippen LogP contribution in [0, 0.1) is 5.92 Å². The van der Waals surface area contributed by atoms with Crippen molar-refractivity contribution in [2.75, 3.05) is 0 Å². The van der Waals surface area contributed by atoms with Crippen molar-refractivity contribution in [1.82, 2.24) is 9.78 Å². The van der Waals surface area contributed by atoms with E-state index in [2.05, 4.69) is 5.10 Å². The quantitative estimate of drug-likeness (QED) is 0.681. The zero-order chi connectivity index (χ0) is 10.0. The SMILES string of the molecule is CC(C)C(=O)c1ccn(C(F)F)n1. The molecular weight excluding hydrogens is 178 g/mol. The Hall–Kier alpha value is -1.26. The van der Waals surface area contributed by atoms with E-state index in [1.54, 1.807) is 13.8 Å². The van der Waals surface area contributed by atoms with E-state index in [1.807, 2.05) is 0 Å². The van der Waals surface area contributed by atoms with Gasteiger partial charge in [0.1, 0.15) is 5.69 Å². The van der Waals surface area contributed by atoms with E-state index in [4.69, 9.17) is 0 Å². The minimum atomic E-state index is -2.69. The highest BCUT2D eigenvalue weighted by Crippen LogP contribution is 2.11. The van der Waals surface area contributed by atoms with Gasteiger partial charge in [-0.1, -0.05) is 13.8 Å². The molecule has 0 aromatic carbocycles. The molecule has 72 valence electrons. The van der Waals surface area contributed by atoms with E-state index in [-0.39, 0.29) is 17.4 Å². The first kappa shape index (κ1) is 9.83. The summed E-state index contributed by atoms with van der Waals surface area (Å²) in [5.41, 5.74) is 0.0929. The topological polar surface area (TPSA) is 34.9 Å². The number of ketones is 1. The van der Waals surface area contributed by atoms with E-state index in [0.717, 1.165) is 6.20 Å². The Bertz CT molecular complexity index is 307. The molecule has 0 bridgehead atoms. The molecule has 3 nitrogen and oxygen atoms in total. The maximum Gasteiger partial charge on any atom is 0.333 e. The number of Topliss-reactive ketones (excluding diaryl/α,β-unsaturated/α-hetero) is 1. The fourth-order valence-corrected chi connectivity index (χ4v) is 0.874. The van der Waals surface area contributed by atoms with Crippen LogP contribution < -0.4 is 0 Å². The van der Waals surface area contributed by atoms with Crippen LogP contribution in [0.5, 0.6) is 0 Å². The van der Waals surface area contributed by atoms with Crippen LogP contribution in [0.1, 0.15) is 30.9 Å². The molecule has 0 spiro atoms. The van der Waals surface area contributed by atoms with Gasteiger partial charge in [-0.05, 0) is 6.07 Å². The van der Waals surface area contributed by atoms with Crippen LogP contribution in [0.2, 0.25) is 0 Å². The molecule has 0 radical (unpaired) electrons. The van der Waals surface area contributed by atoms with Crippen molar-refractivity contribution < 1.29 is 13.6 Å². The molecule has 0 saturated heterocycles. The molecule has 1 aromatic heterocycles. The van der Waals surface area contributed by atoms with Gasteiger partial charge in [-0.25, -0.2) is 4.68 Å². The van der Waals surface area contributed by atoms with Crippen LogP contribution >= 0.6 is 0 Å². The number of carbonyl (C=O) groups is 1. The smallest absolute Gasteiger partial charge is 0.292 e. The first-order chi connectivity index (χ1) is 6.02. The van der Waals surface area contributed by atoms with Gasteiger partial charge >= 0.3 is 6.55 Å². The molecule has 1 heterocycles. The van der Waals surface area contributed by atoms with Crippen LogP contribution in [-0.4, -0.2) is 15.6 Å². The van der Waals surface area contributed by atoms with Crippen molar-refractivity contribution in [3.63, 3.8) is 0 Å². The highest BCUT2D eigenvalue weighted by Gasteiger charge is 2.15. The first-order valence-corrected chi connectivity index (χ1v) is 3.90. The number of hydrogen-bond acceptors (Lipinski definition) is 2. The van der Waals surface area contributed by atoms with Gasteiger partial charge in [0, 0.05) is 12.1 Å². The largest absolute Gasteiger partial charge is 0.333 e. The number of rotatable bonds is 3. The minimum absolute atomic E-state index is 0.0929. The summed E-state index contributed by atoms with van der Waals surface area (Å²) in [6.07, 6.45) is 1.10. The van der Waals surface area contributed by atoms with E-state index >= 15 is 0 Å². The number of halogens is 2. The van der Waals surface area contributed by atoms with Gasteiger partial charge in [-0.15, -0.1) is 0 Å². The summed E-state index contributed by atoms with van der Waals surface area (Å²) in [6.45, 7) is 0.710. The predicted molar refractivity (Wildman–Crippen MR) is 42.6 cm³/mol. The zero-order valence-electron chi connectivity index (χ0n) is 7.37. The Morgan fingerprint density at radius 1 is 1.54 bits per heavy atom. The standard InChI is InChI=1S/C8H10F2N2O/c1-5(2)7(13)6-3-4-12(11-6)8(9)10/h3-5,8H,1-2H3. The maximum atomic E-state index is 12.0. The van der Waals surface area contributed by atoms with Crippen molar-refractivity contribution in [3.8, 4) is 0 Å². The van der Waals surface area contributed by atoms with Gasteiger partial charge in [0.05, 0.1) is 0 Å². The zero-order valence-corrected chi connectivity index (χ0v) is 7.37. The van der Waals surface area contributed by atoms with Crippen LogP contribution in [0.25, 0.3) is 0 Å². The van der Waals surface area contributed by atoms with Gasteiger partial charge in [-0.2, -0.15) is 13.9 Å². The molecule has 0 saturated carbocycles. The van der Waals surface area contributed by atoms with Gasteiger partial charge in [-0.3, -0.25) is 4.79 Å². The third kappa shape index (κ3) is 2.11. The second-order valence-corrected chi connectivity index (χ2v) is 2.98. The first-order valence-electron chi connectivity index (χ1n) is 3.90. The number of aromatic nitrogens is 2. The van der Waals surface area contributed by atoms with Crippen molar-refractivity contribution in [2.45, 2.75) is 20.4 Å². The minimum Gasteiger partial charge on any atom is -0.292 e. The van der Waals surface area contributed by atoms with E-state index in [0.29, 0.717) is 4.68 Å². The normalized spacial score (nSPS) is 11.2. The maximum absolute atomic E-state index is 12.0. The van der Waals surface area contributed by atoms with Crippen LogP contribution in [-0.2, 0) is 0 Å². The molecule has 0 amide bonds. The van der Waals surface area contributed by atoms with Crippen LogP contribution in [0.4, 0.5) is 8.78 Å². The molecule has 0 aliphatic rings. The summed E-state index contributed by atoms with van der Waals surface area (Å²) in [5.74, 6) is -0.444. The summed E-state index contributed by atoms with van der Waals surface area (Å²) in [6, 6.07) is 1.30. The average molecular weight is 188 g/mol. The van der Waals surface area contributed by atoms with Crippen molar-refractivity contribution in [3.05, 3.63) is 18.0 Å². The molecule has 0 N–H and O–H groups in total. The Morgan fingerprint density at radius 2 is 2.15 bits per heavy atom. The molecule has 1 rings (SSSR count). The molecule has 0 unspecified atom stereocenters. The molecule has 5 heteroatoms. The highest BCUT2D eigenvalue weighted by atomic mass is 19.3. The summed E-state index contributed by atoms with van der Waals surface area (Å²) >= 11 is 0. The lowest BCUT2D eigenvalue weighted by Gasteiger charge is -1.99. The number of carbonyl (C=O) groups excluding carboxylic acids is 1. The van der Waals surface area contributed by atoms with Crippen LogP contribution in [0.15, 0.2) is 12.3 Å². The lowest BCUT2D eigenvalue weighted by molar-refractivity contribution is 0.0559. The molecule has 0 aliphatic carbocycles. The Labute approximate surface area is 74.4 Å². The number of hydrogen-bond donors (Lipinski definition) is 0. The Kier molecular flexibility index (Phi) is 2.75. The summed E-state index contributed by atoms with van der Waals surface area (Å²) in [7, 11) is 0. The second kappa shape index (κ2) is 3.64. The third-order valence-corrected chi connectivity index (χ3v) is 1.59. The Morgan fingerprint density at radius 3 is 2.54 bits per heavy atom. The fraction of sp³-hybridized carbons (Fsp3) is 0.500. The fourth-order valence-electron chi connectivity index (χ4n) is 0.874. The summed E-state index contributed by atoms with van der Waals surface area (Å²) in [5, 5.41) is 3.45. The third-order valence-electron chi connectivity index (χ3n) is 1.59. The summed E-state index contributed by atoms with van der Waals surface area (Å²) < 4.78 is 24.5. The Balaban J connectivity index is 2.86. The molecular formula is C8H10F2N2O. The lowest BCUT2D eigenvalue weighted by atomic mass is 10.1. The average Bonchev–Trinajstić information content (AvgIpc) is 2.50. The van der Waals surface area contributed by atoms with Gasteiger partial charge < -0.3 is 0 Å². The highest BCUT2D eigenvalue weighted by molar-refractivity contribution is 5.95. The van der Waals surface area contributed by atoms with Crippen LogP contribution in [0.3, 0.4) is 0 Å². The molecule has 1 aromatic rings. The molecule has 0 aliphatic heterocycles. The van der Waals surface area contributed by atoms with E-state index in [9.17, 15) is 13.6 Å². The van der Waals surface area contributed by atoms with E-state index in [1.165, 1.54) is 6.07 Å². The molecule has 13 heavy (non-hydrogen) atoms.